The number of hydrogen-bond donors (Lipinski definition) is 1. The second kappa shape index (κ2) is 6.33. The number of nitrogens with zero attached hydrogens (tertiary/aromatic N) is 1. The summed E-state index contributed by atoms with van der Waals surface area (Å²) in [6.45, 7) is 6.64. The summed E-state index contributed by atoms with van der Waals surface area (Å²) in [6, 6.07) is 4.88. The summed E-state index contributed by atoms with van der Waals surface area (Å²) in [5.74, 6) is 0.286. The van der Waals surface area contributed by atoms with E-state index in [9.17, 15) is 4.39 Å². The molecule has 2 rings (SSSR count). The first-order chi connectivity index (χ1) is 9.51. The van der Waals surface area contributed by atoms with Crippen molar-refractivity contribution in [3.8, 4) is 5.75 Å². The van der Waals surface area contributed by atoms with E-state index >= 15 is 0 Å². The minimum Gasteiger partial charge on any atom is -0.497 e. The fraction of sp³-hybridized carbons (Fsp3) is 0.400. The van der Waals surface area contributed by atoms with Crippen molar-refractivity contribution in [1.82, 2.24) is 10.3 Å². The third-order valence-corrected chi connectivity index (χ3v) is 4.32. The standard InChI is InChI=1S/C15H19FN2OS/c1-9(13-6-5-12(19-4)7-14(13)16)17-8-15-10(2)18-11(3)20-15/h5-7,9,17H,8H2,1-4H3/t9-/m0/s1. The molecule has 0 unspecified atom stereocenters. The SMILES string of the molecule is COc1ccc([C@H](C)NCc2sc(C)nc2C)c(F)c1. The summed E-state index contributed by atoms with van der Waals surface area (Å²) < 4.78 is 19.0. The van der Waals surface area contributed by atoms with E-state index in [2.05, 4.69) is 10.3 Å². The van der Waals surface area contributed by atoms with E-state index in [0.29, 0.717) is 17.9 Å². The predicted octanol–water partition coefficient (Wildman–Crippen LogP) is 3.76. The zero-order valence-corrected chi connectivity index (χ0v) is 13.0. The molecule has 0 radical (unpaired) electrons. The molecule has 5 heteroatoms. The number of thiazole rings is 1. The van der Waals surface area contributed by atoms with Gasteiger partial charge in [0.25, 0.3) is 0 Å². The number of nitrogens with one attached hydrogen (secondary N) is 1. The predicted molar refractivity (Wildman–Crippen MR) is 79.8 cm³/mol. The first-order valence-corrected chi connectivity index (χ1v) is 7.32. The summed E-state index contributed by atoms with van der Waals surface area (Å²) in [7, 11) is 1.53. The monoisotopic (exact) mass is 294 g/mol. The van der Waals surface area contributed by atoms with Crippen LogP contribution in [0.1, 0.15) is 34.1 Å². The van der Waals surface area contributed by atoms with Crippen molar-refractivity contribution in [2.75, 3.05) is 7.11 Å². The molecule has 1 N–H and O–H groups in total. The molecule has 0 saturated carbocycles. The Labute approximate surface area is 122 Å². The van der Waals surface area contributed by atoms with Gasteiger partial charge in [-0.1, -0.05) is 6.07 Å². The van der Waals surface area contributed by atoms with Gasteiger partial charge in [-0.2, -0.15) is 0 Å². The van der Waals surface area contributed by atoms with Gasteiger partial charge in [-0.05, 0) is 26.8 Å². The maximum atomic E-state index is 14.0. The number of aryl methyl sites for hydroxylation is 2. The maximum absolute atomic E-state index is 14.0. The number of benzene rings is 1. The lowest BCUT2D eigenvalue weighted by Gasteiger charge is -2.15. The molecule has 20 heavy (non-hydrogen) atoms. The molecule has 0 aliphatic carbocycles. The average Bonchev–Trinajstić information content (AvgIpc) is 2.74. The fourth-order valence-corrected chi connectivity index (χ4v) is 2.97. The molecule has 1 aromatic carbocycles. The molecule has 0 saturated heterocycles. The highest BCUT2D eigenvalue weighted by molar-refractivity contribution is 7.11. The van der Waals surface area contributed by atoms with Crippen LogP contribution in [0.3, 0.4) is 0 Å². The molecule has 108 valence electrons. The summed E-state index contributed by atoms with van der Waals surface area (Å²) in [6.07, 6.45) is 0. The zero-order chi connectivity index (χ0) is 14.7. The van der Waals surface area contributed by atoms with Crippen LogP contribution in [0, 0.1) is 19.7 Å². The lowest BCUT2D eigenvalue weighted by molar-refractivity contribution is 0.409. The Hall–Kier alpha value is -1.46. The van der Waals surface area contributed by atoms with Crippen LogP contribution in [0.2, 0.25) is 0 Å². The van der Waals surface area contributed by atoms with Crippen LogP contribution in [0.25, 0.3) is 0 Å². The van der Waals surface area contributed by atoms with Gasteiger partial charge in [0.2, 0.25) is 0 Å². The van der Waals surface area contributed by atoms with E-state index in [1.807, 2.05) is 20.8 Å². The number of hydrogen-bond acceptors (Lipinski definition) is 4. The van der Waals surface area contributed by atoms with Gasteiger partial charge in [-0.15, -0.1) is 11.3 Å². The van der Waals surface area contributed by atoms with E-state index in [1.54, 1.807) is 23.5 Å². The van der Waals surface area contributed by atoms with Crippen molar-refractivity contribution in [3.63, 3.8) is 0 Å². The van der Waals surface area contributed by atoms with Crippen LogP contribution in [-0.2, 0) is 6.54 Å². The van der Waals surface area contributed by atoms with Crippen molar-refractivity contribution in [1.29, 1.82) is 0 Å². The lowest BCUT2D eigenvalue weighted by Crippen LogP contribution is -2.19. The third kappa shape index (κ3) is 3.35. The lowest BCUT2D eigenvalue weighted by atomic mass is 10.1. The maximum Gasteiger partial charge on any atom is 0.131 e. The van der Waals surface area contributed by atoms with Crippen LogP contribution < -0.4 is 10.1 Å². The van der Waals surface area contributed by atoms with Gasteiger partial charge in [-0.3, -0.25) is 0 Å². The van der Waals surface area contributed by atoms with Crippen molar-refractivity contribution < 1.29 is 9.13 Å². The smallest absolute Gasteiger partial charge is 0.131 e. The van der Waals surface area contributed by atoms with Crippen LogP contribution in [0.5, 0.6) is 5.75 Å². The Bertz CT molecular complexity index is 598. The number of halogens is 1. The number of aromatic nitrogens is 1. The molecular formula is C15H19FN2OS. The van der Waals surface area contributed by atoms with Gasteiger partial charge in [0.15, 0.2) is 0 Å². The molecule has 0 fully saturated rings. The van der Waals surface area contributed by atoms with E-state index in [4.69, 9.17) is 4.74 Å². The van der Waals surface area contributed by atoms with Crippen molar-refractivity contribution in [2.24, 2.45) is 0 Å². The Morgan fingerprint density at radius 2 is 2.15 bits per heavy atom. The highest BCUT2D eigenvalue weighted by Crippen LogP contribution is 2.23. The minimum absolute atomic E-state index is 0.0669. The molecule has 3 nitrogen and oxygen atoms in total. The summed E-state index contributed by atoms with van der Waals surface area (Å²) >= 11 is 1.67. The number of rotatable bonds is 5. The third-order valence-electron chi connectivity index (χ3n) is 3.24. The molecule has 0 amide bonds. The van der Waals surface area contributed by atoms with Crippen molar-refractivity contribution >= 4 is 11.3 Å². The van der Waals surface area contributed by atoms with E-state index in [-0.39, 0.29) is 11.9 Å². The average molecular weight is 294 g/mol. The zero-order valence-electron chi connectivity index (χ0n) is 12.2. The van der Waals surface area contributed by atoms with Gasteiger partial charge in [0.05, 0.1) is 17.8 Å². The molecule has 2 aromatic rings. The molecule has 1 atom stereocenters. The Morgan fingerprint density at radius 3 is 2.70 bits per heavy atom. The Balaban J connectivity index is 2.05. The Morgan fingerprint density at radius 1 is 1.40 bits per heavy atom. The quantitative estimate of drug-likeness (QED) is 0.911. The normalized spacial score (nSPS) is 12.4. The van der Waals surface area contributed by atoms with Crippen LogP contribution in [-0.4, -0.2) is 12.1 Å². The summed E-state index contributed by atoms with van der Waals surface area (Å²) in [4.78, 5) is 5.59. The molecule has 0 aliphatic heterocycles. The van der Waals surface area contributed by atoms with Crippen molar-refractivity contribution in [3.05, 3.63) is 45.2 Å². The van der Waals surface area contributed by atoms with Gasteiger partial charge in [-0.25, -0.2) is 9.37 Å². The highest BCUT2D eigenvalue weighted by atomic mass is 32.1. The first kappa shape index (κ1) is 14.9. The van der Waals surface area contributed by atoms with Crippen LogP contribution in [0.4, 0.5) is 4.39 Å². The number of methoxy groups -OCH3 is 1. The van der Waals surface area contributed by atoms with Crippen LogP contribution >= 0.6 is 11.3 Å². The molecule has 1 heterocycles. The van der Waals surface area contributed by atoms with E-state index in [1.165, 1.54) is 18.1 Å². The van der Waals surface area contributed by atoms with Gasteiger partial charge < -0.3 is 10.1 Å². The fourth-order valence-electron chi connectivity index (χ4n) is 2.08. The summed E-state index contributed by atoms with van der Waals surface area (Å²) in [5, 5.41) is 4.40. The van der Waals surface area contributed by atoms with Gasteiger partial charge in [0, 0.05) is 29.1 Å². The molecule has 1 aromatic heterocycles. The first-order valence-electron chi connectivity index (χ1n) is 6.51. The number of ether oxygens (including phenoxy) is 1. The van der Waals surface area contributed by atoms with Gasteiger partial charge >= 0.3 is 0 Å². The van der Waals surface area contributed by atoms with E-state index < -0.39 is 0 Å². The topological polar surface area (TPSA) is 34.1 Å². The van der Waals surface area contributed by atoms with Crippen molar-refractivity contribution in [2.45, 2.75) is 33.4 Å². The molecule has 0 spiro atoms. The van der Waals surface area contributed by atoms with E-state index in [0.717, 1.165) is 10.7 Å². The van der Waals surface area contributed by atoms with Crippen LogP contribution in [0.15, 0.2) is 18.2 Å². The molecule has 0 aliphatic rings. The second-order valence-electron chi connectivity index (χ2n) is 4.73. The van der Waals surface area contributed by atoms with Gasteiger partial charge in [0.1, 0.15) is 11.6 Å². The molecule has 0 bridgehead atoms. The molecular weight excluding hydrogens is 275 g/mol. The highest BCUT2D eigenvalue weighted by Gasteiger charge is 2.13. The second-order valence-corrected chi connectivity index (χ2v) is 6.02. The Kier molecular flexibility index (Phi) is 4.73. The minimum atomic E-state index is -0.249. The summed E-state index contributed by atoms with van der Waals surface area (Å²) in [5.41, 5.74) is 1.69. The largest absolute Gasteiger partial charge is 0.497 e.